The van der Waals surface area contributed by atoms with Crippen molar-refractivity contribution in [3.05, 3.63) is 196 Å². The van der Waals surface area contributed by atoms with Crippen LogP contribution in [-0.2, 0) is 78.6 Å². The average molecular weight is 1240 g/mol. The number of rotatable bonds is 2. The van der Waals surface area contributed by atoms with E-state index in [1.165, 1.54) is 64.4 Å². The second-order valence-corrected chi connectivity index (χ2v) is 21.6. The molecule has 62 heavy (non-hydrogen) atoms. The van der Waals surface area contributed by atoms with Crippen LogP contribution in [0.2, 0.25) is 26.2 Å². The van der Waals surface area contributed by atoms with Gasteiger partial charge in [0.1, 0.15) is 0 Å². The number of hydrogen-bond acceptors (Lipinski definition) is 2. The zero-order chi connectivity index (χ0) is 37.2. The van der Waals surface area contributed by atoms with E-state index in [1.807, 2.05) is 23.5 Å². The molecule has 2 unspecified atom stereocenters. The van der Waals surface area contributed by atoms with Crippen molar-refractivity contribution in [1.82, 2.24) is 0 Å². The first kappa shape index (κ1) is 68.8. The normalized spacial score (nSPS) is 14.9. The molecular formula is C49H49Cl6S2Si2Zr3+3. The molecular weight excluding hydrogens is 1200 g/mol. The predicted octanol–water partition coefficient (Wildman–Crippen LogP) is -4.29. The van der Waals surface area contributed by atoms with Gasteiger partial charge in [-0.3, -0.25) is 0 Å². The van der Waals surface area contributed by atoms with E-state index >= 15 is 0 Å². The van der Waals surface area contributed by atoms with Gasteiger partial charge in [0.25, 0.3) is 0 Å². The maximum Gasteiger partial charge on any atom is 4.00 e. The molecule has 0 radical (unpaired) electrons. The van der Waals surface area contributed by atoms with Crippen LogP contribution in [0.25, 0.3) is 32.3 Å². The molecule has 2 heterocycles. The molecule has 10 rings (SSSR count). The number of hydrogen-bond donors (Lipinski definition) is 0. The van der Waals surface area contributed by atoms with E-state index in [1.54, 1.807) is 0 Å². The quantitative estimate of drug-likeness (QED) is 0.128. The van der Waals surface area contributed by atoms with Crippen LogP contribution in [-0.4, -0.2) is 38.7 Å². The van der Waals surface area contributed by atoms with Crippen molar-refractivity contribution < 1.29 is 153 Å². The van der Waals surface area contributed by atoms with E-state index in [9.17, 15) is 0 Å². The molecule has 6 aromatic rings. The summed E-state index contributed by atoms with van der Waals surface area (Å²) in [5.41, 5.74) is 10.7. The van der Waals surface area contributed by atoms with Gasteiger partial charge in [-0.15, -0.1) is 112 Å². The smallest absolute Gasteiger partial charge is 1.00 e. The third kappa shape index (κ3) is 21.4. The monoisotopic (exact) mass is 1240 g/mol. The zero-order valence-electron chi connectivity index (χ0n) is 35.5. The number of thioether (sulfide) groups is 2. The molecule has 2 aliphatic carbocycles. The van der Waals surface area contributed by atoms with Crippen LogP contribution < -0.4 is 74.4 Å². The van der Waals surface area contributed by atoms with Crippen molar-refractivity contribution in [1.29, 1.82) is 0 Å². The van der Waals surface area contributed by atoms with E-state index < -0.39 is 0 Å². The molecule has 0 nitrogen and oxygen atoms in total. The fraction of sp³-hybridized carbons (Fsp3) is 0.163. The van der Waals surface area contributed by atoms with Crippen molar-refractivity contribution >= 4 is 84.0 Å². The number of fused-ring (bicyclic) bond motifs is 5. The van der Waals surface area contributed by atoms with Crippen LogP contribution in [0.4, 0.5) is 0 Å². The topological polar surface area (TPSA) is 0 Å². The van der Waals surface area contributed by atoms with Gasteiger partial charge in [0.15, 0.2) is 0 Å². The Balaban J connectivity index is -0.000000330. The van der Waals surface area contributed by atoms with Gasteiger partial charge in [-0.1, -0.05) is 80.0 Å². The van der Waals surface area contributed by atoms with Gasteiger partial charge in [0, 0.05) is 37.1 Å². The summed E-state index contributed by atoms with van der Waals surface area (Å²) in [5, 5.41) is 9.28. The van der Waals surface area contributed by atoms with Crippen LogP contribution in [0.5, 0.6) is 0 Å². The van der Waals surface area contributed by atoms with Gasteiger partial charge in [0.2, 0.25) is 0 Å². The van der Waals surface area contributed by atoms with Crippen molar-refractivity contribution in [2.75, 3.05) is 0 Å². The largest absolute Gasteiger partial charge is 4.00 e. The summed E-state index contributed by atoms with van der Waals surface area (Å²) in [4.78, 5) is 2.95. The predicted molar refractivity (Wildman–Crippen MR) is 248 cm³/mol. The first-order valence-corrected chi connectivity index (χ1v) is 25.3. The third-order valence-corrected chi connectivity index (χ3v) is 13.7. The molecule has 0 N–H and O–H groups in total. The summed E-state index contributed by atoms with van der Waals surface area (Å²) in [7, 11) is -0.399. The molecule has 0 spiro atoms. The summed E-state index contributed by atoms with van der Waals surface area (Å²) in [6, 6.07) is 44.0. The zero-order valence-corrected chi connectivity index (χ0v) is 51.0. The van der Waals surface area contributed by atoms with Gasteiger partial charge < -0.3 is 74.4 Å². The van der Waals surface area contributed by atoms with E-state index in [-0.39, 0.29) is 170 Å². The maximum atomic E-state index is 2.50. The molecule has 4 aliphatic rings. The van der Waals surface area contributed by atoms with Crippen LogP contribution in [0.15, 0.2) is 196 Å². The Morgan fingerprint density at radius 2 is 0.726 bits per heavy atom. The molecule has 2 aliphatic heterocycles. The molecule has 13 heteroatoms. The van der Waals surface area contributed by atoms with Gasteiger partial charge in [-0.2, -0.15) is 52.6 Å². The van der Waals surface area contributed by atoms with E-state index in [4.69, 9.17) is 0 Å². The fourth-order valence-electron chi connectivity index (χ4n) is 6.51. The van der Waals surface area contributed by atoms with Crippen LogP contribution >= 0.6 is 23.5 Å². The summed E-state index contributed by atoms with van der Waals surface area (Å²) >= 11 is 4.00. The number of halogens is 6. The second kappa shape index (κ2) is 35.4. The standard InChI is InChI=1S/2C11H14SSi.3C9H7.6ClH.3Zr/c2*1-8-4-9-6-10(7-13(2)3)12-11(9)5-8;3*1-2-5-9-7-3-6-8(9)4-1;;;;;;;;;/h2*4-7,10H,1-3H3;3*1-7H;6*1H;;;/q;;3*-1;;;;;;;3*+4/p-6. The van der Waals surface area contributed by atoms with Gasteiger partial charge in [0.05, 0.1) is 0 Å². The van der Waals surface area contributed by atoms with E-state index in [2.05, 4.69) is 215 Å². The van der Waals surface area contributed by atoms with Gasteiger partial charge in [-0.25, -0.2) is 0 Å². The summed E-state index contributed by atoms with van der Waals surface area (Å²) in [6.45, 7) is 13.7. The van der Waals surface area contributed by atoms with Gasteiger partial charge >= 0.3 is 78.6 Å². The molecule has 0 saturated heterocycles. The van der Waals surface area contributed by atoms with Gasteiger partial charge in [-0.05, 0) is 48.3 Å². The molecule has 316 valence electrons. The van der Waals surface area contributed by atoms with Crippen molar-refractivity contribution in [2.45, 2.75) is 50.5 Å². The second-order valence-electron chi connectivity index (χ2n) is 14.2. The minimum Gasteiger partial charge on any atom is -1.00 e. The van der Waals surface area contributed by atoms with Crippen LogP contribution in [0.1, 0.15) is 13.8 Å². The Kier molecular flexibility index (Phi) is 39.2. The summed E-state index contributed by atoms with van der Waals surface area (Å²) in [6.07, 6.45) is 13.9. The molecule has 2 atom stereocenters. The molecule has 6 aromatic carbocycles. The minimum absolute atomic E-state index is 0. The average Bonchev–Trinajstić information content (AvgIpc) is 3.97. The summed E-state index contributed by atoms with van der Waals surface area (Å²) < 4.78 is 0. The Hall–Kier alpha value is 0.193. The van der Waals surface area contributed by atoms with Crippen LogP contribution in [0, 0.1) is 0 Å². The Morgan fingerprint density at radius 3 is 0.984 bits per heavy atom. The number of benzene rings is 3. The SMILES string of the molecule is CC1=CC2=CC(C=[Si](C)C)SC2=C1.CC1=CC2=CC(C=[Si](C)C)SC2=C1.[Cl-].[Cl-].[Cl-].[Cl-].[Cl-].[Cl-].[Zr+4].[Zr+4].[Zr+4].c1ccc2[cH-]ccc2c1.c1ccc2[cH-]ccc2c1.c1ccc2[cH-]ccc2c1. The molecule has 0 fully saturated rings. The maximum absolute atomic E-state index is 2.50. The summed E-state index contributed by atoms with van der Waals surface area (Å²) in [5.74, 6) is 0. The van der Waals surface area contributed by atoms with E-state index in [0.29, 0.717) is 10.5 Å². The van der Waals surface area contributed by atoms with Crippen LogP contribution in [0.3, 0.4) is 0 Å². The molecule has 0 amide bonds. The Morgan fingerprint density at radius 1 is 0.435 bits per heavy atom. The third-order valence-electron chi connectivity index (χ3n) is 8.90. The first-order chi connectivity index (χ1) is 25.7. The van der Waals surface area contributed by atoms with E-state index in [0.717, 1.165) is 0 Å². The van der Waals surface area contributed by atoms with Crippen molar-refractivity contribution in [2.24, 2.45) is 0 Å². The van der Waals surface area contributed by atoms with Crippen molar-refractivity contribution in [3.63, 3.8) is 0 Å². The Labute approximate surface area is 477 Å². The first-order valence-electron chi connectivity index (χ1n) is 18.4. The molecule has 0 saturated carbocycles. The van der Waals surface area contributed by atoms with Crippen molar-refractivity contribution in [3.8, 4) is 0 Å². The minimum atomic E-state index is -0.200. The Bertz CT molecular complexity index is 2150. The number of allylic oxidation sites excluding steroid dienone is 8. The molecule has 0 aromatic heterocycles. The molecule has 0 bridgehead atoms. The fourth-order valence-corrected chi connectivity index (χ4v) is 12.2.